The minimum Gasteiger partial charge on any atom is -0.460 e. The second kappa shape index (κ2) is 24.6. The fourth-order valence-corrected chi connectivity index (χ4v) is 9.84. The fourth-order valence-electron chi connectivity index (χ4n) is 8.03. The maximum Gasteiger partial charge on any atom is 0.405 e. The molecule has 1 amide bonds. The molecule has 4 aromatic heterocycles. The molecule has 2 aromatic carbocycles. The van der Waals surface area contributed by atoms with Crippen molar-refractivity contribution in [3.63, 3.8) is 0 Å². The molecule has 2 saturated heterocycles. The number of aromatic nitrogens is 6. The zero-order chi connectivity index (χ0) is 55.0. The second-order valence-corrected chi connectivity index (χ2v) is 35.4. The normalized spacial score (nSPS) is 15.6. The van der Waals surface area contributed by atoms with E-state index < -0.39 is 45.0 Å². The Morgan fingerprint density at radius 1 is 0.640 bits per heavy atom. The Kier molecular flexibility index (Phi) is 19.5. The van der Waals surface area contributed by atoms with Crippen LogP contribution in [0.4, 0.5) is 4.79 Å². The first-order chi connectivity index (χ1) is 35.0. The van der Waals surface area contributed by atoms with Crippen LogP contribution < -0.4 is 5.73 Å². The highest BCUT2D eigenvalue weighted by atomic mass is 79.9. The first-order valence-corrected chi connectivity index (χ1v) is 33.7. The minimum atomic E-state index is -1.21. The number of nitrogens with two attached hydrogens (primary N) is 1. The fraction of sp³-hybridized carbons (Fsp3) is 0.527. The summed E-state index contributed by atoms with van der Waals surface area (Å²) < 4.78 is 50.2. The molecular formula is C55H78BrN7O10Si2. The van der Waals surface area contributed by atoms with Gasteiger partial charge in [-0.25, -0.2) is 24.7 Å². The lowest BCUT2D eigenvalue weighted by Gasteiger charge is -2.23. The molecule has 0 bridgehead atoms. The summed E-state index contributed by atoms with van der Waals surface area (Å²) in [5, 5.41) is 0. The van der Waals surface area contributed by atoms with Crippen molar-refractivity contribution in [3.05, 3.63) is 94.5 Å². The Labute approximate surface area is 452 Å². The predicted octanol–water partition coefficient (Wildman–Crippen LogP) is 11.8. The van der Waals surface area contributed by atoms with Crippen molar-refractivity contribution in [2.45, 2.75) is 149 Å². The molecule has 20 heteroatoms. The molecule has 2 fully saturated rings. The number of esters is 1. The van der Waals surface area contributed by atoms with Crippen molar-refractivity contribution >= 4 is 66.5 Å². The number of amides is 1. The van der Waals surface area contributed by atoms with Crippen LogP contribution in [0.1, 0.15) is 72.2 Å². The number of benzene rings is 2. The zero-order valence-corrected chi connectivity index (χ0v) is 50.0. The van der Waals surface area contributed by atoms with Gasteiger partial charge in [-0.05, 0) is 107 Å². The van der Waals surface area contributed by atoms with Crippen molar-refractivity contribution in [2.75, 3.05) is 39.6 Å². The molecule has 17 nitrogen and oxygen atoms in total. The van der Waals surface area contributed by atoms with Crippen LogP contribution in [-0.2, 0) is 74.1 Å². The number of carbonyl (C=O) groups is 2. The molecule has 0 atom stereocenters. The summed E-state index contributed by atoms with van der Waals surface area (Å²) in [6.07, 6.45) is 2.72. The smallest absolute Gasteiger partial charge is 0.405 e. The number of nitrogens with zero attached hydrogens (tertiary/aromatic N) is 6. The van der Waals surface area contributed by atoms with E-state index in [2.05, 4.69) is 122 Å². The summed E-state index contributed by atoms with van der Waals surface area (Å²) in [4.78, 5) is 41.0. The Balaban J connectivity index is 0.000000216. The van der Waals surface area contributed by atoms with Crippen LogP contribution in [0.15, 0.2) is 77.7 Å². The first-order valence-electron chi connectivity index (χ1n) is 25.5. The Morgan fingerprint density at radius 3 is 1.41 bits per heavy atom. The number of hydrogen-bond donors (Lipinski definition) is 1. The van der Waals surface area contributed by atoms with E-state index in [1.54, 1.807) is 33.2 Å². The zero-order valence-electron chi connectivity index (χ0n) is 46.4. The summed E-state index contributed by atoms with van der Waals surface area (Å²) in [5.41, 5.74) is 13.4. The average molecular weight is 1130 g/mol. The van der Waals surface area contributed by atoms with Gasteiger partial charge >= 0.3 is 12.1 Å². The second-order valence-electron chi connectivity index (χ2n) is 23.3. The van der Waals surface area contributed by atoms with Crippen molar-refractivity contribution < 1.29 is 47.5 Å². The van der Waals surface area contributed by atoms with Crippen LogP contribution in [0.3, 0.4) is 0 Å². The quantitative estimate of drug-likeness (QED) is 0.0546. The molecule has 0 radical (unpaired) electrons. The van der Waals surface area contributed by atoms with Gasteiger partial charge in [-0.15, -0.1) is 0 Å². The summed E-state index contributed by atoms with van der Waals surface area (Å²) in [6, 6.07) is 22.8. The standard InChI is InChI=1S/C28H39N3O5Si.C22H28BrN3O3Si.C5H11NO2/c1-27(2,3)36-25(32)16-22-18-29-26-23(30-22)17-24(31(26)19-33-14-15-37(5,6)7)20-8-10-21(11-9-20)28(4)34-12-13-35-28;1-22(28-9-10-29-22)17-7-5-16(6-8-17)19-13-18-21(24-14-20(23)25-18)26(19)15-27-11-12-30(2,3)4;1-5(2,3)8-4(6)7/h8-11,17-18H,12-16,19H2,1-7H3;5-8,13-14H,9-12,15H2,1-4H3;1-3H3,(H2,6,7). The van der Waals surface area contributed by atoms with E-state index >= 15 is 0 Å². The van der Waals surface area contributed by atoms with Crippen molar-refractivity contribution in [3.8, 4) is 22.5 Å². The molecule has 2 aliphatic rings. The lowest BCUT2D eigenvalue weighted by atomic mass is 10.0. The highest BCUT2D eigenvalue weighted by molar-refractivity contribution is 9.10. The largest absolute Gasteiger partial charge is 0.460 e. The van der Waals surface area contributed by atoms with Gasteiger partial charge < -0.3 is 43.6 Å². The van der Waals surface area contributed by atoms with E-state index in [1.807, 2.05) is 57.4 Å². The molecule has 2 N–H and O–H groups in total. The lowest BCUT2D eigenvalue weighted by Crippen LogP contribution is -2.27. The van der Waals surface area contributed by atoms with Crippen LogP contribution in [0.25, 0.3) is 44.8 Å². The molecule has 0 aliphatic carbocycles. The number of carbonyl (C=O) groups excluding carboxylic acids is 2. The van der Waals surface area contributed by atoms with Gasteiger partial charge in [-0.1, -0.05) is 87.8 Å². The monoisotopic (exact) mass is 1130 g/mol. The molecule has 75 heavy (non-hydrogen) atoms. The molecule has 0 saturated carbocycles. The summed E-state index contributed by atoms with van der Waals surface area (Å²) in [5.74, 6) is -1.71. The van der Waals surface area contributed by atoms with Gasteiger partial charge in [-0.2, -0.15) is 0 Å². The van der Waals surface area contributed by atoms with Gasteiger partial charge in [0.15, 0.2) is 22.9 Å². The van der Waals surface area contributed by atoms with E-state index in [0.29, 0.717) is 57.7 Å². The van der Waals surface area contributed by atoms with E-state index in [4.69, 9.17) is 43.9 Å². The maximum absolute atomic E-state index is 12.3. The third-order valence-electron chi connectivity index (χ3n) is 11.9. The highest BCUT2D eigenvalue weighted by Gasteiger charge is 2.34. The topological polar surface area (TPSA) is 195 Å². The van der Waals surface area contributed by atoms with Crippen LogP contribution in [0, 0.1) is 0 Å². The molecule has 6 aromatic rings. The number of ether oxygens (including phenoxy) is 8. The minimum absolute atomic E-state index is 0.0702. The first kappa shape index (κ1) is 59.3. The van der Waals surface area contributed by atoms with Crippen molar-refractivity contribution in [2.24, 2.45) is 5.73 Å². The van der Waals surface area contributed by atoms with Crippen LogP contribution in [-0.4, -0.2) is 108 Å². The Hall–Kier alpha value is -4.91. The third kappa shape index (κ3) is 17.6. The van der Waals surface area contributed by atoms with Crippen LogP contribution in [0.2, 0.25) is 51.4 Å². The number of fused-ring (bicyclic) bond motifs is 2. The molecule has 6 heterocycles. The van der Waals surface area contributed by atoms with Gasteiger partial charge in [0.2, 0.25) is 0 Å². The Bertz CT molecular complexity index is 2850. The van der Waals surface area contributed by atoms with Gasteiger partial charge in [-0.3, -0.25) is 13.9 Å². The van der Waals surface area contributed by atoms with E-state index in [-0.39, 0.29) is 12.4 Å². The summed E-state index contributed by atoms with van der Waals surface area (Å²) >= 11 is 3.42. The maximum atomic E-state index is 12.3. The molecule has 0 unspecified atom stereocenters. The van der Waals surface area contributed by atoms with Gasteiger partial charge in [0.25, 0.3) is 0 Å². The third-order valence-corrected chi connectivity index (χ3v) is 15.7. The molecule has 8 rings (SSSR count). The number of rotatable bonds is 16. The van der Waals surface area contributed by atoms with Gasteiger partial charge in [0, 0.05) is 40.5 Å². The molecule has 2 aliphatic heterocycles. The summed E-state index contributed by atoms with van der Waals surface area (Å²) in [6.45, 7) is 33.5. The van der Waals surface area contributed by atoms with Gasteiger partial charge in [0.1, 0.15) is 40.3 Å². The Morgan fingerprint density at radius 2 is 1.04 bits per heavy atom. The number of halogens is 1. The van der Waals surface area contributed by atoms with Crippen molar-refractivity contribution in [1.29, 1.82) is 0 Å². The van der Waals surface area contributed by atoms with E-state index in [1.165, 1.54) is 0 Å². The molecule has 0 spiro atoms. The van der Waals surface area contributed by atoms with Crippen LogP contribution >= 0.6 is 15.9 Å². The highest BCUT2D eigenvalue weighted by Crippen LogP contribution is 2.36. The number of hydrogen-bond acceptors (Lipinski definition) is 14. The lowest BCUT2D eigenvalue weighted by molar-refractivity contribution is -0.154. The molecular weight excluding hydrogens is 1050 g/mol. The van der Waals surface area contributed by atoms with Crippen LogP contribution in [0.5, 0.6) is 0 Å². The van der Waals surface area contributed by atoms with E-state index in [0.717, 1.165) is 73.8 Å². The predicted molar refractivity (Wildman–Crippen MR) is 300 cm³/mol. The van der Waals surface area contributed by atoms with Crippen molar-refractivity contribution in [1.82, 2.24) is 29.1 Å². The SMILES string of the molecule is CC(C)(C)OC(=O)Cc1cnc2c(cc(-c3ccc(C4(C)OCCO4)cc3)n2COCC[Si](C)(C)C)n1.CC(C)(C)OC(N)=O.CC1(c2ccc(-c3cc4nc(Br)cnc4n3COCC[Si](C)(C)C)cc2)OCCO1. The number of primary amides is 1. The summed E-state index contributed by atoms with van der Waals surface area (Å²) in [7, 11) is -2.34. The van der Waals surface area contributed by atoms with E-state index in [9.17, 15) is 9.59 Å². The van der Waals surface area contributed by atoms with Gasteiger partial charge in [0.05, 0.1) is 62.3 Å². The average Bonchev–Trinajstić information content (AvgIpc) is 4.11. The molecule has 408 valence electrons.